The quantitative estimate of drug-likeness (QED) is 0.248. The number of halogens is 4. The molecule has 1 amide bonds. The number of benzene rings is 2. The highest BCUT2D eigenvalue weighted by Gasteiger charge is 2.49. The summed E-state index contributed by atoms with van der Waals surface area (Å²) in [4.78, 5) is 32.4. The number of aryl methyl sites for hydroxylation is 1. The predicted molar refractivity (Wildman–Crippen MR) is 178 cm³/mol. The third-order valence-electron chi connectivity index (χ3n) is 9.61. The van der Waals surface area contributed by atoms with Gasteiger partial charge in [-0.25, -0.2) is 22.9 Å². The van der Waals surface area contributed by atoms with E-state index in [-0.39, 0.29) is 55.7 Å². The number of aromatic nitrogens is 5. The number of nitrogens with two attached hydrogens (primary N) is 1. The van der Waals surface area contributed by atoms with Crippen LogP contribution in [0.5, 0.6) is 6.01 Å². The molecule has 2 atom stereocenters. The highest BCUT2D eigenvalue weighted by atomic mass is 35.5. The minimum Gasteiger partial charge on any atom is -0.461 e. The molecule has 11 nitrogen and oxygen atoms in total. The molecule has 3 aliphatic heterocycles. The molecular weight excluding hydrogens is 667 g/mol. The zero-order valence-corrected chi connectivity index (χ0v) is 27.5. The third kappa shape index (κ3) is 5.19. The van der Waals surface area contributed by atoms with Gasteiger partial charge in [0.05, 0.1) is 27.0 Å². The van der Waals surface area contributed by atoms with Crippen LogP contribution in [0.25, 0.3) is 32.2 Å². The lowest BCUT2D eigenvalue weighted by Crippen LogP contribution is -2.50. The molecule has 3 aromatic heterocycles. The van der Waals surface area contributed by atoms with Gasteiger partial charge in [-0.1, -0.05) is 22.9 Å². The summed E-state index contributed by atoms with van der Waals surface area (Å²) in [6.07, 6.45) is 4.43. The van der Waals surface area contributed by atoms with E-state index in [4.69, 9.17) is 27.1 Å². The van der Waals surface area contributed by atoms with Crippen molar-refractivity contribution in [2.45, 2.75) is 37.9 Å². The molecule has 2 N–H and O–H groups in total. The predicted octanol–water partition coefficient (Wildman–Crippen LogP) is 5.67. The van der Waals surface area contributed by atoms with Gasteiger partial charge < -0.3 is 20.3 Å². The summed E-state index contributed by atoms with van der Waals surface area (Å²) < 4.78 is 53.7. The van der Waals surface area contributed by atoms with Crippen LogP contribution >= 0.6 is 22.9 Å². The number of anilines is 2. The minimum atomic E-state index is -0.943. The summed E-state index contributed by atoms with van der Waals surface area (Å²) in [5.74, 6) is -0.885. The van der Waals surface area contributed by atoms with Gasteiger partial charge in [-0.2, -0.15) is 19.7 Å². The van der Waals surface area contributed by atoms with Gasteiger partial charge in [0.15, 0.2) is 10.9 Å². The Morgan fingerprint density at radius 1 is 1.15 bits per heavy atom. The fraction of sp³-hybridized carbons (Fsp3) is 0.406. The third-order valence-corrected chi connectivity index (χ3v) is 10.8. The van der Waals surface area contributed by atoms with Crippen LogP contribution in [-0.2, 0) is 0 Å². The largest absolute Gasteiger partial charge is 0.461 e. The van der Waals surface area contributed by atoms with Gasteiger partial charge in [-0.05, 0) is 50.1 Å². The number of alkyl halides is 1. The molecule has 0 radical (unpaired) electrons. The number of hydrogen-bond acceptors (Lipinski definition) is 10. The van der Waals surface area contributed by atoms with E-state index in [1.165, 1.54) is 16.8 Å². The topological polar surface area (TPSA) is 119 Å². The van der Waals surface area contributed by atoms with E-state index in [0.29, 0.717) is 50.3 Å². The van der Waals surface area contributed by atoms with Crippen LogP contribution in [0, 0.1) is 18.6 Å². The highest BCUT2D eigenvalue weighted by molar-refractivity contribution is 7.22. The number of piperazine rings is 1. The summed E-state index contributed by atoms with van der Waals surface area (Å²) in [5, 5.41) is 4.68. The number of fused-ring (bicyclic) bond motifs is 3. The Balaban J connectivity index is 1.19. The summed E-state index contributed by atoms with van der Waals surface area (Å²) in [6, 6.07) is 3.94. The second-order valence-corrected chi connectivity index (χ2v) is 14.1. The Morgan fingerprint density at radius 3 is 2.73 bits per heavy atom. The van der Waals surface area contributed by atoms with Crippen molar-refractivity contribution >= 4 is 61.0 Å². The van der Waals surface area contributed by atoms with Crippen LogP contribution in [0.1, 0.15) is 24.8 Å². The van der Waals surface area contributed by atoms with Crippen LogP contribution < -0.4 is 15.4 Å². The lowest BCUT2D eigenvalue weighted by molar-refractivity contribution is 0.107. The molecule has 16 heteroatoms. The lowest BCUT2D eigenvalue weighted by atomic mass is 9.95. The fourth-order valence-corrected chi connectivity index (χ4v) is 8.38. The van der Waals surface area contributed by atoms with E-state index < -0.39 is 23.3 Å². The van der Waals surface area contributed by atoms with Crippen molar-refractivity contribution in [1.29, 1.82) is 0 Å². The van der Waals surface area contributed by atoms with Crippen LogP contribution in [0.3, 0.4) is 0 Å². The molecule has 3 aliphatic rings. The van der Waals surface area contributed by atoms with E-state index in [9.17, 15) is 13.6 Å². The second kappa shape index (κ2) is 11.7. The van der Waals surface area contributed by atoms with E-state index in [1.807, 2.05) is 11.8 Å². The average molecular weight is 698 g/mol. The number of carbonyl (C=O) groups excluding carboxylic acids is 1. The number of amides is 1. The van der Waals surface area contributed by atoms with E-state index in [0.717, 1.165) is 36.3 Å². The molecule has 5 aromatic rings. The number of thiazole rings is 1. The summed E-state index contributed by atoms with van der Waals surface area (Å²) in [6.45, 7) is 4.67. The Labute approximate surface area is 282 Å². The first-order valence-electron chi connectivity index (χ1n) is 15.7. The van der Waals surface area contributed by atoms with Crippen molar-refractivity contribution in [2.75, 3.05) is 56.5 Å². The van der Waals surface area contributed by atoms with Gasteiger partial charge in [-0.15, -0.1) is 0 Å². The first-order valence-corrected chi connectivity index (χ1v) is 16.9. The Kier molecular flexibility index (Phi) is 7.60. The van der Waals surface area contributed by atoms with Gasteiger partial charge in [0.1, 0.15) is 29.9 Å². The maximum atomic E-state index is 16.8. The molecule has 0 aliphatic carbocycles. The van der Waals surface area contributed by atoms with Crippen LogP contribution in [0.15, 0.2) is 30.6 Å². The van der Waals surface area contributed by atoms with Gasteiger partial charge in [-0.3, -0.25) is 4.90 Å². The summed E-state index contributed by atoms with van der Waals surface area (Å²) in [5.41, 5.74) is 6.72. The smallest absolute Gasteiger partial charge is 0.344 e. The number of nitrogens with zero attached hydrogens (tertiary/aromatic N) is 8. The zero-order valence-electron chi connectivity index (χ0n) is 25.9. The molecule has 48 heavy (non-hydrogen) atoms. The van der Waals surface area contributed by atoms with Gasteiger partial charge in [0, 0.05) is 61.9 Å². The van der Waals surface area contributed by atoms with Crippen LogP contribution in [0.4, 0.5) is 28.9 Å². The standard InChI is InChI=1S/C32H31ClF3N9O2S/c1-17-13-38-45(14-17)31(46)43-9-7-42(8-10-43)28-20-11-21(33)23(19-3-4-22(35)27-26(19)39-29(37)48-27)24(36)25(20)40-30(41-28)47-16-32-5-2-6-44(32)15-18(34)12-32/h3-4,11,13-14,18H,2,5-10,12,15-16H2,1H3,(H2,37,39)/t18-,32+/m1/s1. The molecule has 3 saturated heterocycles. The Bertz CT molecular complexity index is 2090. The molecule has 8 rings (SSSR count). The first kappa shape index (κ1) is 31.1. The van der Waals surface area contributed by atoms with Gasteiger partial charge in [0.2, 0.25) is 0 Å². The van der Waals surface area contributed by atoms with Crippen molar-refractivity contribution < 1.29 is 22.7 Å². The van der Waals surface area contributed by atoms with Crippen LogP contribution in [0.2, 0.25) is 5.02 Å². The normalized spacial score (nSPS) is 21.5. The molecule has 0 unspecified atom stereocenters. The van der Waals surface area contributed by atoms with Crippen molar-refractivity contribution in [2.24, 2.45) is 0 Å². The number of nitrogen functional groups attached to an aromatic ring is 1. The molecule has 3 fully saturated rings. The summed E-state index contributed by atoms with van der Waals surface area (Å²) >= 11 is 7.76. The molecule has 250 valence electrons. The Hall–Kier alpha value is -4.21. The first-order chi connectivity index (χ1) is 23.1. The van der Waals surface area contributed by atoms with Gasteiger partial charge in [0.25, 0.3) is 0 Å². The molecule has 2 aromatic carbocycles. The SMILES string of the molecule is Cc1cnn(C(=O)N2CCN(c3nc(OC[C@@]45CCCN4C[C@H](F)C5)nc4c(F)c(-c5ccc(F)c6sc(N)nc56)c(Cl)cc34)CC2)c1. The average Bonchev–Trinajstić information content (AvgIpc) is 3.84. The molecule has 6 heterocycles. The number of carbonyl (C=O) groups is 1. The lowest BCUT2D eigenvalue weighted by Gasteiger charge is -2.35. The zero-order chi connectivity index (χ0) is 33.3. The van der Waals surface area contributed by atoms with E-state index in [1.54, 1.807) is 23.4 Å². The minimum absolute atomic E-state index is 0.00313. The maximum Gasteiger partial charge on any atom is 0.344 e. The van der Waals surface area contributed by atoms with Gasteiger partial charge >= 0.3 is 12.0 Å². The fourth-order valence-electron chi connectivity index (χ4n) is 7.33. The van der Waals surface area contributed by atoms with E-state index >= 15 is 4.39 Å². The Morgan fingerprint density at radius 2 is 1.96 bits per heavy atom. The van der Waals surface area contributed by atoms with Crippen LogP contribution in [-0.4, -0.2) is 98.1 Å². The van der Waals surface area contributed by atoms with Crippen molar-refractivity contribution in [3.63, 3.8) is 0 Å². The number of rotatable bonds is 5. The maximum absolute atomic E-state index is 16.8. The number of hydrogen-bond donors (Lipinski definition) is 1. The molecule has 0 saturated carbocycles. The van der Waals surface area contributed by atoms with Crippen molar-refractivity contribution in [3.8, 4) is 17.1 Å². The molecular formula is C32H31ClF3N9O2S. The summed E-state index contributed by atoms with van der Waals surface area (Å²) in [7, 11) is 0. The van der Waals surface area contributed by atoms with Crippen molar-refractivity contribution in [3.05, 3.63) is 52.8 Å². The molecule has 0 bridgehead atoms. The molecule has 0 spiro atoms. The number of ether oxygens (including phenoxy) is 1. The van der Waals surface area contributed by atoms with E-state index in [2.05, 4.69) is 20.0 Å². The highest BCUT2D eigenvalue weighted by Crippen LogP contribution is 2.44. The monoisotopic (exact) mass is 697 g/mol. The second-order valence-electron chi connectivity index (χ2n) is 12.7. The van der Waals surface area contributed by atoms with Crippen molar-refractivity contribution in [1.82, 2.24) is 34.5 Å².